The topological polar surface area (TPSA) is 79.3 Å². The molecule has 0 spiro atoms. The summed E-state index contributed by atoms with van der Waals surface area (Å²) in [6.45, 7) is 7.02. The predicted molar refractivity (Wildman–Crippen MR) is 99.0 cm³/mol. The Morgan fingerprint density at radius 2 is 1.81 bits per heavy atom. The summed E-state index contributed by atoms with van der Waals surface area (Å²) in [7, 11) is 0. The van der Waals surface area contributed by atoms with Crippen LogP contribution in [-0.4, -0.2) is 65.0 Å². The normalized spacial score (nSPS) is 24.7. The van der Waals surface area contributed by atoms with Gasteiger partial charge in [0.05, 0.1) is 12.6 Å². The maximum atomic E-state index is 12.4. The van der Waals surface area contributed by atoms with Gasteiger partial charge in [-0.2, -0.15) is 0 Å². The van der Waals surface area contributed by atoms with E-state index in [1.165, 1.54) is 0 Å². The second kappa shape index (κ2) is 7.76. The second-order valence-corrected chi connectivity index (χ2v) is 8.25. The molecule has 27 heavy (non-hydrogen) atoms. The second-order valence-electron chi connectivity index (χ2n) is 8.25. The van der Waals surface area contributed by atoms with Gasteiger partial charge in [-0.3, -0.25) is 0 Å². The SMILES string of the molecule is CC(C)(C)OC(=O)N1CC2CN(C(=O)OCc3ccccc3)CC2C1CO. The smallest absolute Gasteiger partial charge is 0.410 e. The van der Waals surface area contributed by atoms with Crippen LogP contribution in [0.25, 0.3) is 0 Å². The van der Waals surface area contributed by atoms with Crippen LogP contribution >= 0.6 is 0 Å². The average molecular weight is 376 g/mol. The van der Waals surface area contributed by atoms with E-state index in [-0.39, 0.29) is 37.2 Å². The molecule has 2 fully saturated rings. The highest BCUT2D eigenvalue weighted by Crippen LogP contribution is 2.37. The van der Waals surface area contributed by atoms with Crippen molar-refractivity contribution in [3.63, 3.8) is 0 Å². The van der Waals surface area contributed by atoms with Gasteiger partial charge in [0, 0.05) is 31.5 Å². The third kappa shape index (κ3) is 4.53. The Balaban J connectivity index is 1.56. The molecular formula is C20H28N2O5. The number of carbonyl (C=O) groups excluding carboxylic acids is 2. The molecule has 0 saturated carbocycles. The van der Waals surface area contributed by atoms with Gasteiger partial charge in [-0.25, -0.2) is 9.59 Å². The molecule has 2 amide bonds. The number of rotatable bonds is 3. The number of aliphatic hydroxyl groups excluding tert-OH is 1. The number of benzene rings is 1. The van der Waals surface area contributed by atoms with Crippen LogP contribution in [0.1, 0.15) is 26.3 Å². The van der Waals surface area contributed by atoms with Gasteiger partial charge in [0.1, 0.15) is 12.2 Å². The van der Waals surface area contributed by atoms with Gasteiger partial charge in [0.15, 0.2) is 0 Å². The van der Waals surface area contributed by atoms with Crippen molar-refractivity contribution in [1.29, 1.82) is 0 Å². The molecule has 2 heterocycles. The largest absolute Gasteiger partial charge is 0.445 e. The lowest BCUT2D eigenvalue weighted by molar-refractivity contribution is 0.0129. The van der Waals surface area contributed by atoms with E-state index < -0.39 is 11.7 Å². The van der Waals surface area contributed by atoms with Gasteiger partial charge >= 0.3 is 12.2 Å². The first-order valence-electron chi connectivity index (χ1n) is 9.34. The first-order valence-corrected chi connectivity index (χ1v) is 9.34. The number of fused-ring (bicyclic) bond motifs is 1. The average Bonchev–Trinajstić information content (AvgIpc) is 3.16. The Bertz CT molecular complexity index is 673. The fourth-order valence-electron chi connectivity index (χ4n) is 3.87. The molecule has 3 rings (SSSR count). The molecule has 148 valence electrons. The van der Waals surface area contributed by atoms with Crippen molar-refractivity contribution >= 4 is 12.2 Å². The van der Waals surface area contributed by atoms with Crippen molar-refractivity contribution in [2.45, 2.75) is 39.0 Å². The first kappa shape index (κ1) is 19.5. The molecule has 0 bridgehead atoms. The zero-order valence-corrected chi connectivity index (χ0v) is 16.1. The molecule has 0 aliphatic carbocycles. The molecule has 0 radical (unpaired) electrons. The molecule has 7 heteroatoms. The number of hydrogen-bond donors (Lipinski definition) is 1. The summed E-state index contributed by atoms with van der Waals surface area (Å²) in [5.41, 5.74) is 0.358. The lowest BCUT2D eigenvalue weighted by atomic mass is 9.95. The van der Waals surface area contributed by atoms with Crippen LogP contribution in [-0.2, 0) is 16.1 Å². The minimum absolute atomic E-state index is 0.0341. The highest BCUT2D eigenvalue weighted by Gasteiger charge is 2.50. The summed E-state index contributed by atoms with van der Waals surface area (Å²) in [6, 6.07) is 9.20. The van der Waals surface area contributed by atoms with Crippen molar-refractivity contribution in [1.82, 2.24) is 9.80 Å². The molecule has 2 saturated heterocycles. The summed E-state index contributed by atoms with van der Waals surface area (Å²) >= 11 is 0. The van der Waals surface area contributed by atoms with Gasteiger partial charge in [0.25, 0.3) is 0 Å². The number of ether oxygens (including phenoxy) is 2. The third-order valence-electron chi connectivity index (χ3n) is 5.10. The summed E-state index contributed by atoms with van der Waals surface area (Å²) in [4.78, 5) is 28.1. The molecule has 1 N–H and O–H groups in total. The van der Waals surface area contributed by atoms with Crippen LogP contribution in [0.4, 0.5) is 9.59 Å². The maximum absolute atomic E-state index is 12.4. The number of likely N-dealkylation sites (tertiary alicyclic amines) is 2. The van der Waals surface area contributed by atoms with E-state index in [2.05, 4.69) is 0 Å². The van der Waals surface area contributed by atoms with Crippen LogP contribution in [0, 0.1) is 11.8 Å². The van der Waals surface area contributed by atoms with E-state index in [0.29, 0.717) is 19.6 Å². The lowest BCUT2D eigenvalue weighted by Gasteiger charge is -2.30. The Labute approximate surface area is 159 Å². The molecule has 3 atom stereocenters. The molecule has 7 nitrogen and oxygen atoms in total. The standard InChI is InChI=1S/C20H28N2O5/c1-20(2,3)27-19(25)22-10-15-9-21(11-16(15)17(22)12-23)18(24)26-13-14-7-5-4-6-8-14/h4-8,15-17,23H,9-13H2,1-3H3. The lowest BCUT2D eigenvalue weighted by Crippen LogP contribution is -2.45. The first-order chi connectivity index (χ1) is 12.8. The van der Waals surface area contributed by atoms with Crippen LogP contribution in [0.2, 0.25) is 0 Å². The number of hydrogen-bond acceptors (Lipinski definition) is 5. The van der Waals surface area contributed by atoms with Crippen molar-refractivity contribution in [3.05, 3.63) is 35.9 Å². The molecule has 1 aromatic carbocycles. The van der Waals surface area contributed by atoms with Gasteiger partial charge < -0.3 is 24.4 Å². The van der Waals surface area contributed by atoms with Crippen LogP contribution in [0.5, 0.6) is 0 Å². The van der Waals surface area contributed by atoms with Crippen molar-refractivity contribution in [3.8, 4) is 0 Å². The van der Waals surface area contributed by atoms with Crippen LogP contribution in [0.3, 0.4) is 0 Å². The fourth-order valence-corrected chi connectivity index (χ4v) is 3.87. The number of nitrogens with zero attached hydrogens (tertiary/aromatic N) is 2. The Hall–Kier alpha value is -2.28. The zero-order valence-electron chi connectivity index (χ0n) is 16.1. The number of amides is 2. The summed E-state index contributed by atoms with van der Waals surface area (Å²) in [5, 5.41) is 9.82. The minimum atomic E-state index is -0.581. The molecular weight excluding hydrogens is 348 g/mol. The fraction of sp³-hybridized carbons (Fsp3) is 0.600. The van der Waals surface area contributed by atoms with Crippen molar-refractivity contribution < 1.29 is 24.2 Å². The Morgan fingerprint density at radius 3 is 2.44 bits per heavy atom. The quantitative estimate of drug-likeness (QED) is 0.877. The molecule has 2 aliphatic heterocycles. The zero-order chi connectivity index (χ0) is 19.6. The monoisotopic (exact) mass is 376 g/mol. The Morgan fingerprint density at radius 1 is 1.11 bits per heavy atom. The van der Waals surface area contributed by atoms with E-state index in [1.807, 2.05) is 51.1 Å². The highest BCUT2D eigenvalue weighted by molar-refractivity contribution is 5.70. The molecule has 2 aliphatic rings. The Kier molecular flexibility index (Phi) is 5.60. The van der Waals surface area contributed by atoms with Gasteiger partial charge in [-0.1, -0.05) is 30.3 Å². The minimum Gasteiger partial charge on any atom is -0.445 e. The molecule has 0 aromatic heterocycles. The van der Waals surface area contributed by atoms with Gasteiger partial charge in [-0.05, 0) is 26.3 Å². The van der Waals surface area contributed by atoms with Gasteiger partial charge in [-0.15, -0.1) is 0 Å². The van der Waals surface area contributed by atoms with E-state index in [9.17, 15) is 14.7 Å². The molecule has 1 aromatic rings. The highest BCUT2D eigenvalue weighted by atomic mass is 16.6. The number of carbonyl (C=O) groups is 2. The van der Waals surface area contributed by atoms with E-state index in [4.69, 9.17) is 9.47 Å². The molecule has 3 unspecified atom stereocenters. The maximum Gasteiger partial charge on any atom is 0.410 e. The summed E-state index contributed by atoms with van der Waals surface area (Å²) < 4.78 is 10.9. The summed E-state index contributed by atoms with van der Waals surface area (Å²) in [6.07, 6.45) is -0.761. The van der Waals surface area contributed by atoms with E-state index in [1.54, 1.807) is 9.80 Å². The van der Waals surface area contributed by atoms with Gasteiger partial charge in [0.2, 0.25) is 0 Å². The number of aliphatic hydroxyl groups is 1. The van der Waals surface area contributed by atoms with Crippen LogP contribution in [0.15, 0.2) is 30.3 Å². The van der Waals surface area contributed by atoms with Crippen molar-refractivity contribution in [2.24, 2.45) is 11.8 Å². The summed E-state index contributed by atoms with van der Waals surface area (Å²) in [5.74, 6) is 0.158. The van der Waals surface area contributed by atoms with Crippen molar-refractivity contribution in [2.75, 3.05) is 26.2 Å². The van der Waals surface area contributed by atoms with Crippen LogP contribution < -0.4 is 0 Å². The third-order valence-corrected chi connectivity index (χ3v) is 5.10. The van der Waals surface area contributed by atoms with E-state index >= 15 is 0 Å². The predicted octanol–water partition coefficient (Wildman–Crippen LogP) is 2.48. The van der Waals surface area contributed by atoms with E-state index in [0.717, 1.165) is 5.56 Å².